The van der Waals surface area contributed by atoms with Gasteiger partial charge in [0.05, 0.1) is 23.1 Å². The van der Waals surface area contributed by atoms with Crippen LogP contribution in [0.15, 0.2) is 42.9 Å². The third kappa shape index (κ3) is 5.76. The van der Waals surface area contributed by atoms with Gasteiger partial charge in [0.25, 0.3) is 5.91 Å². The van der Waals surface area contributed by atoms with Gasteiger partial charge in [0.2, 0.25) is 0 Å². The predicted molar refractivity (Wildman–Crippen MR) is 132 cm³/mol. The van der Waals surface area contributed by atoms with Gasteiger partial charge in [-0.15, -0.1) is 13.2 Å². The minimum atomic E-state index is -4.77. The molecule has 0 atom stereocenters. The molecular weight excluding hydrogens is 485 g/mol. The molecule has 3 aromatic rings. The first-order valence-corrected chi connectivity index (χ1v) is 12.4. The van der Waals surface area contributed by atoms with Gasteiger partial charge in [-0.25, -0.2) is 9.97 Å². The normalized spacial score (nSPS) is 18.7. The number of nitrogens with zero attached hydrogens (tertiary/aromatic N) is 5. The summed E-state index contributed by atoms with van der Waals surface area (Å²) in [5.74, 6) is -0.446. The number of hydrogen-bond donors (Lipinski definition) is 1. The Morgan fingerprint density at radius 2 is 1.73 bits per heavy atom. The van der Waals surface area contributed by atoms with Crippen LogP contribution in [0.5, 0.6) is 5.75 Å². The molecule has 0 radical (unpaired) electrons. The molecule has 11 heteroatoms. The fourth-order valence-corrected chi connectivity index (χ4v) is 5.04. The Balaban J connectivity index is 1.24. The standard InChI is InChI=1S/C26H29F3N6O2/c1-25(30)8-12-34(13-9-25)19-14-21-23(31-15-19)22(33-16-32-21)17-6-10-35(11-7-17)24(36)18-2-4-20(5-3-18)37-26(27,28)29/h2-5,14-17H,6-13,30H2,1H3. The second-order valence-corrected chi connectivity index (χ2v) is 10.1. The Kier molecular flexibility index (Phi) is 6.65. The zero-order chi connectivity index (χ0) is 26.2. The quantitative estimate of drug-likeness (QED) is 0.556. The molecule has 1 amide bonds. The van der Waals surface area contributed by atoms with Gasteiger partial charge in [-0.2, -0.15) is 0 Å². The predicted octanol–water partition coefficient (Wildman–Crippen LogP) is 4.26. The number of pyridine rings is 1. The summed E-state index contributed by atoms with van der Waals surface area (Å²) in [7, 11) is 0. The maximum Gasteiger partial charge on any atom is 0.573 e. The lowest BCUT2D eigenvalue weighted by molar-refractivity contribution is -0.274. The van der Waals surface area contributed by atoms with E-state index in [1.54, 1.807) is 11.2 Å². The lowest BCUT2D eigenvalue weighted by Crippen LogP contribution is -2.48. The van der Waals surface area contributed by atoms with Crippen LogP contribution in [0.3, 0.4) is 0 Å². The second-order valence-electron chi connectivity index (χ2n) is 10.1. The average molecular weight is 515 g/mol. The van der Waals surface area contributed by atoms with Gasteiger partial charge in [-0.1, -0.05) is 0 Å². The minimum absolute atomic E-state index is 0.128. The zero-order valence-electron chi connectivity index (χ0n) is 20.5. The summed E-state index contributed by atoms with van der Waals surface area (Å²) in [4.78, 5) is 30.6. The van der Waals surface area contributed by atoms with Crippen molar-refractivity contribution in [2.75, 3.05) is 31.1 Å². The van der Waals surface area contributed by atoms with Crippen LogP contribution in [-0.4, -0.2) is 63.8 Å². The SMILES string of the molecule is CC1(N)CCN(c2cnc3c(C4CCN(C(=O)c5ccc(OC(F)(F)F)cc5)CC4)ncnc3c2)CC1. The van der Waals surface area contributed by atoms with Crippen LogP contribution in [0.1, 0.15) is 54.6 Å². The van der Waals surface area contributed by atoms with Crippen LogP contribution in [-0.2, 0) is 0 Å². The molecule has 2 saturated heterocycles. The first-order chi connectivity index (χ1) is 17.6. The summed E-state index contributed by atoms with van der Waals surface area (Å²) in [6.07, 6.45) is 1.92. The van der Waals surface area contributed by atoms with E-state index in [1.165, 1.54) is 12.1 Å². The number of fused-ring (bicyclic) bond motifs is 1. The van der Waals surface area contributed by atoms with Gasteiger partial charge in [-0.3, -0.25) is 9.78 Å². The first kappa shape index (κ1) is 25.2. The van der Waals surface area contributed by atoms with E-state index in [-0.39, 0.29) is 23.1 Å². The van der Waals surface area contributed by atoms with Gasteiger partial charge >= 0.3 is 6.36 Å². The van der Waals surface area contributed by atoms with Crippen LogP contribution in [0, 0.1) is 0 Å². The van der Waals surface area contributed by atoms with E-state index in [1.807, 2.05) is 6.20 Å². The molecule has 0 spiro atoms. The van der Waals surface area contributed by atoms with E-state index in [9.17, 15) is 18.0 Å². The zero-order valence-corrected chi connectivity index (χ0v) is 20.5. The van der Waals surface area contributed by atoms with Crippen molar-refractivity contribution in [1.29, 1.82) is 0 Å². The van der Waals surface area contributed by atoms with Crippen molar-refractivity contribution >= 4 is 22.6 Å². The molecule has 4 heterocycles. The van der Waals surface area contributed by atoms with Gasteiger partial charge in [0.15, 0.2) is 0 Å². The first-order valence-electron chi connectivity index (χ1n) is 12.4. The fraction of sp³-hybridized carbons (Fsp3) is 0.462. The number of aromatic nitrogens is 3. The third-order valence-corrected chi connectivity index (χ3v) is 7.26. The maximum atomic E-state index is 12.9. The molecule has 0 aliphatic carbocycles. The number of hydrogen-bond acceptors (Lipinski definition) is 7. The number of halogens is 3. The second kappa shape index (κ2) is 9.77. The number of alkyl halides is 3. The Labute approximate surface area is 212 Å². The molecule has 2 fully saturated rings. The van der Waals surface area contributed by atoms with Crippen molar-refractivity contribution in [2.24, 2.45) is 5.73 Å². The highest BCUT2D eigenvalue weighted by Gasteiger charge is 2.32. The topological polar surface area (TPSA) is 97.5 Å². The Morgan fingerprint density at radius 3 is 2.38 bits per heavy atom. The monoisotopic (exact) mass is 514 g/mol. The van der Waals surface area contributed by atoms with Crippen molar-refractivity contribution in [3.8, 4) is 5.75 Å². The van der Waals surface area contributed by atoms with Crippen LogP contribution >= 0.6 is 0 Å². The van der Waals surface area contributed by atoms with Crippen LogP contribution in [0.2, 0.25) is 0 Å². The molecule has 196 valence electrons. The van der Waals surface area contributed by atoms with Crippen molar-refractivity contribution < 1.29 is 22.7 Å². The lowest BCUT2D eigenvalue weighted by atomic mass is 9.90. The van der Waals surface area contributed by atoms with Crippen molar-refractivity contribution in [1.82, 2.24) is 19.9 Å². The summed E-state index contributed by atoms with van der Waals surface area (Å²) in [5, 5.41) is 0. The summed E-state index contributed by atoms with van der Waals surface area (Å²) in [6.45, 7) is 4.87. The summed E-state index contributed by atoms with van der Waals surface area (Å²) in [6, 6.07) is 7.06. The number of rotatable bonds is 4. The maximum absolute atomic E-state index is 12.9. The summed E-state index contributed by atoms with van der Waals surface area (Å²) in [5.41, 5.74) is 9.94. The molecule has 8 nitrogen and oxygen atoms in total. The van der Waals surface area contributed by atoms with E-state index in [4.69, 9.17) is 10.7 Å². The smallest absolute Gasteiger partial charge is 0.406 e. The van der Waals surface area contributed by atoms with Crippen LogP contribution < -0.4 is 15.4 Å². The number of piperidine rings is 2. The molecule has 0 bridgehead atoms. The molecule has 0 saturated carbocycles. The number of likely N-dealkylation sites (tertiary alicyclic amines) is 1. The van der Waals surface area contributed by atoms with Crippen molar-refractivity contribution in [3.63, 3.8) is 0 Å². The van der Waals surface area contributed by atoms with E-state index in [0.29, 0.717) is 31.5 Å². The van der Waals surface area contributed by atoms with Crippen molar-refractivity contribution in [2.45, 2.75) is 50.4 Å². The van der Waals surface area contributed by atoms with Crippen LogP contribution in [0.4, 0.5) is 18.9 Å². The number of amides is 1. The molecule has 0 unspecified atom stereocenters. The number of carbonyl (C=O) groups is 1. The fourth-order valence-electron chi connectivity index (χ4n) is 5.04. The number of carbonyl (C=O) groups excluding carboxylic acids is 1. The number of ether oxygens (including phenoxy) is 1. The van der Waals surface area contributed by atoms with E-state index in [2.05, 4.69) is 32.6 Å². The largest absolute Gasteiger partial charge is 0.573 e. The van der Waals surface area contributed by atoms with Gasteiger partial charge in [0.1, 0.15) is 17.6 Å². The number of benzene rings is 1. The third-order valence-electron chi connectivity index (χ3n) is 7.26. The molecule has 5 rings (SSSR count). The van der Waals surface area contributed by atoms with Gasteiger partial charge < -0.3 is 20.3 Å². The molecule has 2 aliphatic heterocycles. The summed E-state index contributed by atoms with van der Waals surface area (Å²) < 4.78 is 41.0. The van der Waals surface area contributed by atoms with Crippen LogP contribution in [0.25, 0.3) is 11.0 Å². The van der Waals surface area contributed by atoms with Gasteiger partial charge in [-0.05, 0) is 62.9 Å². The molecular formula is C26H29F3N6O2. The highest BCUT2D eigenvalue weighted by Crippen LogP contribution is 2.33. The molecule has 2 N–H and O–H groups in total. The highest BCUT2D eigenvalue weighted by atomic mass is 19.4. The number of anilines is 1. The van der Waals surface area contributed by atoms with E-state index in [0.717, 1.165) is 60.5 Å². The summed E-state index contributed by atoms with van der Waals surface area (Å²) >= 11 is 0. The average Bonchev–Trinajstić information content (AvgIpc) is 2.87. The molecule has 2 aromatic heterocycles. The lowest BCUT2D eigenvalue weighted by Gasteiger charge is -2.37. The molecule has 37 heavy (non-hydrogen) atoms. The van der Waals surface area contributed by atoms with E-state index >= 15 is 0 Å². The molecule has 1 aromatic carbocycles. The Hall–Kier alpha value is -3.47. The van der Waals surface area contributed by atoms with Gasteiger partial charge in [0, 0.05) is 43.2 Å². The minimum Gasteiger partial charge on any atom is -0.406 e. The highest BCUT2D eigenvalue weighted by molar-refractivity contribution is 5.94. The van der Waals surface area contributed by atoms with E-state index < -0.39 is 6.36 Å². The Bertz CT molecular complexity index is 1260. The molecule has 2 aliphatic rings. The number of nitrogens with two attached hydrogens (primary N) is 1. The van der Waals surface area contributed by atoms with Crippen molar-refractivity contribution in [3.05, 3.63) is 54.1 Å². The Morgan fingerprint density at radius 1 is 1.05 bits per heavy atom.